The summed E-state index contributed by atoms with van der Waals surface area (Å²) in [5, 5.41) is 1.02. The monoisotopic (exact) mass is 252 g/mol. The fourth-order valence-corrected chi connectivity index (χ4v) is 2.79. The van der Waals surface area contributed by atoms with E-state index in [2.05, 4.69) is 9.88 Å². The van der Waals surface area contributed by atoms with Crippen LogP contribution in [0.5, 0.6) is 0 Å². The summed E-state index contributed by atoms with van der Waals surface area (Å²) in [6.07, 6.45) is 2.76. The van der Waals surface area contributed by atoms with Crippen LogP contribution in [0, 0.1) is 6.92 Å². The number of anilines is 1. The number of allylic oxidation sites excluding steroid dienone is 1. The fourth-order valence-electron chi connectivity index (χ4n) is 1.66. The number of aromatic nitrogens is 1. The first-order valence-corrected chi connectivity index (χ1v) is 6.46. The Morgan fingerprint density at radius 1 is 1.47 bits per heavy atom. The van der Waals surface area contributed by atoms with Crippen LogP contribution >= 0.6 is 11.3 Å². The molecular formula is C12H16N2O2S. The van der Waals surface area contributed by atoms with Gasteiger partial charge in [0.2, 0.25) is 0 Å². The van der Waals surface area contributed by atoms with Crippen molar-refractivity contribution in [2.75, 3.05) is 31.2 Å². The van der Waals surface area contributed by atoms with Crippen LogP contribution in [-0.2, 0) is 9.53 Å². The summed E-state index contributed by atoms with van der Waals surface area (Å²) < 4.78 is 5.32. The molecule has 2 rings (SSSR count). The highest BCUT2D eigenvalue weighted by atomic mass is 32.1. The topological polar surface area (TPSA) is 42.4 Å². The summed E-state index contributed by atoms with van der Waals surface area (Å²) in [7, 11) is 0. The normalized spacial score (nSPS) is 17.3. The van der Waals surface area contributed by atoms with E-state index in [1.165, 1.54) is 0 Å². The summed E-state index contributed by atoms with van der Waals surface area (Å²) in [5.41, 5.74) is 1.71. The minimum Gasteiger partial charge on any atom is -0.378 e. The molecule has 17 heavy (non-hydrogen) atoms. The molecule has 0 unspecified atom stereocenters. The smallest absolute Gasteiger partial charge is 0.186 e. The summed E-state index contributed by atoms with van der Waals surface area (Å²) >= 11 is 1.63. The van der Waals surface area contributed by atoms with Gasteiger partial charge in [-0.15, -0.1) is 0 Å². The predicted octanol–water partition coefficient (Wildman–Crippen LogP) is 1.89. The maximum Gasteiger partial charge on any atom is 0.186 e. The van der Waals surface area contributed by atoms with Crippen LogP contribution in [0.3, 0.4) is 0 Å². The van der Waals surface area contributed by atoms with Crippen LogP contribution < -0.4 is 4.90 Å². The molecule has 1 saturated heterocycles. The third kappa shape index (κ3) is 2.92. The lowest BCUT2D eigenvalue weighted by Gasteiger charge is -2.25. The van der Waals surface area contributed by atoms with Crippen molar-refractivity contribution in [3.05, 3.63) is 16.1 Å². The standard InChI is InChI=1S/C12H16N2O2S/c1-9(8-15)7-11-10(2)13-12(17-11)14-3-5-16-6-4-14/h7-8H,3-6H2,1-2H3. The van der Waals surface area contributed by atoms with Gasteiger partial charge in [0.1, 0.15) is 6.29 Å². The minimum atomic E-state index is 0.727. The average Bonchev–Trinajstić information content (AvgIpc) is 2.72. The summed E-state index contributed by atoms with van der Waals surface area (Å²) in [5.74, 6) is 0. The van der Waals surface area contributed by atoms with Gasteiger partial charge >= 0.3 is 0 Å². The van der Waals surface area contributed by atoms with Crippen molar-refractivity contribution in [3.63, 3.8) is 0 Å². The van der Waals surface area contributed by atoms with E-state index in [0.29, 0.717) is 0 Å². The molecule has 0 aromatic carbocycles. The van der Waals surface area contributed by atoms with Crippen molar-refractivity contribution in [3.8, 4) is 0 Å². The quantitative estimate of drug-likeness (QED) is 0.608. The number of morpholine rings is 1. The molecule has 0 saturated carbocycles. The molecule has 0 bridgehead atoms. The van der Waals surface area contributed by atoms with E-state index in [0.717, 1.165) is 53.9 Å². The van der Waals surface area contributed by atoms with Crippen LogP contribution in [-0.4, -0.2) is 37.6 Å². The summed E-state index contributed by atoms with van der Waals surface area (Å²) in [4.78, 5) is 18.5. The van der Waals surface area contributed by atoms with Crippen molar-refractivity contribution in [2.45, 2.75) is 13.8 Å². The van der Waals surface area contributed by atoms with Crippen molar-refractivity contribution in [1.29, 1.82) is 0 Å². The molecule has 1 aromatic heterocycles. The molecule has 1 aliphatic rings. The Hall–Kier alpha value is -1.20. The van der Waals surface area contributed by atoms with Gasteiger partial charge in [0.05, 0.1) is 23.8 Å². The lowest BCUT2D eigenvalue weighted by Crippen LogP contribution is -2.36. The molecule has 5 heteroatoms. The Bertz CT molecular complexity index is 434. The van der Waals surface area contributed by atoms with Crippen LogP contribution in [0.25, 0.3) is 6.08 Å². The van der Waals surface area contributed by atoms with Crippen LogP contribution in [0.2, 0.25) is 0 Å². The van der Waals surface area contributed by atoms with Gasteiger partial charge in [-0.1, -0.05) is 11.3 Å². The van der Waals surface area contributed by atoms with E-state index in [4.69, 9.17) is 4.74 Å². The maximum absolute atomic E-state index is 10.6. The number of carbonyl (C=O) groups is 1. The third-order valence-electron chi connectivity index (χ3n) is 2.65. The number of ether oxygens (including phenoxy) is 1. The average molecular weight is 252 g/mol. The molecule has 0 aliphatic carbocycles. The molecule has 0 spiro atoms. The molecule has 1 aliphatic heterocycles. The van der Waals surface area contributed by atoms with Gasteiger partial charge in [0.15, 0.2) is 5.13 Å². The molecule has 0 amide bonds. The molecule has 92 valence electrons. The SMILES string of the molecule is CC(C=O)=Cc1sc(N2CCOCC2)nc1C. The van der Waals surface area contributed by atoms with Crippen molar-refractivity contribution >= 4 is 28.8 Å². The number of nitrogens with zero attached hydrogens (tertiary/aromatic N) is 2. The van der Waals surface area contributed by atoms with Gasteiger partial charge in [0.25, 0.3) is 0 Å². The van der Waals surface area contributed by atoms with Gasteiger partial charge in [-0.2, -0.15) is 0 Å². The Morgan fingerprint density at radius 2 is 2.18 bits per heavy atom. The molecule has 0 atom stereocenters. The molecular weight excluding hydrogens is 236 g/mol. The molecule has 1 fully saturated rings. The third-order valence-corrected chi connectivity index (χ3v) is 3.81. The number of hydrogen-bond donors (Lipinski definition) is 0. The Morgan fingerprint density at radius 3 is 2.82 bits per heavy atom. The number of aldehydes is 1. The first-order valence-electron chi connectivity index (χ1n) is 5.64. The number of hydrogen-bond acceptors (Lipinski definition) is 5. The Balaban J connectivity index is 2.20. The van der Waals surface area contributed by atoms with Crippen molar-refractivity contribution in [2.24, 2.45) is 0 Å². The van der Waals surface area contributed by atoms with E-state index in [9.17, 15) is 4.79 Å². The highest BCUT2D eigenvalue weighted by Crippen LogP contribution is 2.28. The van der Waals surface area contributed by atoms with Gasteiger partial charge in [-0.3, -0.25) is 4.79 Å². The molecule has 4 nitrogen and oxygen atoms in total. The second-order valence-electron chi connectivity index (χ2n) is 4.05. The van der Waals surface area contributed by atoms with E-state index < -0.39 is 0 Å². The van der Waals surface area contributed by atoms with E-state index in [1.807, 2.05) is 13.0 Å². The summed E-state index contributed by atoms with van der Waals surface area (Å²) in [6.45, 7) is 7.09. The van der Waals surface area contributed by atoms with Crippen molar-refractivity contribution < 1.29 is 9.53 Å². The van der Waals surface area contributed by atoms with E-state index in [1.54, 1.807) is 18.3 Å². The van der Waals surface area contributed by atoms with Gasteiger partial charge in [-0.25, -0.2) is 4.98 Å². The fraction of sp³-hybridized carbons (Fsp3) is 0.500. The zero-order valence-electron chi connectivity index (χ0n) is 10.1. The molecule has 0 radical (unpaired) electrons. The van der Waals surface area contributed by atoms with Crippen molar-refractivity contribution in [1.82, 2.24) is 4.98 Å². The van der Waals surface area contributed by atoms with Crippen LogP contribution in [0.4, 0.5) is 5.13 Å². The predicted molar refractivity (Wildman–Crippen MR) is 69.6 cm³/mol. The number of thiazole rings is 1. The van der Waals surface area contributed by atoms with E-state index >= 15 is 0 Å². The number of rotatable bonds is 3. The maximum atomic E-state index is 10.6. The molecule has 0 N–H and O–H groups in total. The van der Waals surface area contributed by atoms with Gasteiger partial charge in [-0.05, 0) is 25.5 Å². The number of carbonyl (C=O) groups excluding carboxylic acids is 1. The lowest BCUT2D eigenvalue weighted by molar-refractivity contribution is -0.104. The second kappa shape index (κ2) is 5.42. The Kier molecular flexibility index (Phi) is 3.91. The largest absolute Gasteiger partial charge is 0.378 e. The molecule has 1 aromatic rings. The summed E-state index contributed by atoms with van der Waals surface area (Å²) in [6, 6.07) is 0. The lowest BCUT2D eigenvalue weighted by atomic mass is 10.2. The highest BCUT2D eigenvalue weighted by molar-refractivity contribution is 7.16. The second-order valence-corrected chi connectivity index (χ2v) is 5.06. The zero-order chi connectivity index (χ0) is 12.3. The molecule has 2 heterocycles. The van der Waals surface area contributed by atoms with Gasteiger partial charge < -0.3 is 9.64 Å². The minimum absolute atomic E-state index is 0.727. The first kappa shape index (κ1) is 12.3. The zero-order valence-corrected chi connectivity index (χ0v) is 10.9. The Labute approximate surface area is 105 Å². The van der Waals surface area contributed by atoms with Crippen LogP contribution in [0.1, 0.15) is 17.5 Å². The number of aryl methyl sites for hydroxylation is 1. The van der Waals surface area contributed by atoms with Gasteiger partial charge in [0, 0.05) is 13.1 Å². The highest BCUT2D eigenvalue weighted by Gasteiger charge is 2.16. The first-order chi connectivity index (χ1) is 8.20. The van der Waals surface area contributed by atoms with Crippen LogP contribution in [0.15, 0.2) is 5.57 Å². The van der Waals surface area contributed by atoms with E-state index in [-0.39, 0.29) is 0 Å².